The molecule has 1 atom stereocenters. The fourth-order valence-electron chi connectivity index (χ4n) is 3.13. The SMILES string of the molecule is Cc1nn(-c2ncccn2)c2c1C(C(=O)c1ccc(Br)cc1)CC(=O)N2. The molecule has 7 nitrogen and oxygen atoms in total. The van der Waals surface area contributed by atoms with Crippen LogP contribution in [0.3, 0.4) is 0 Å². The van der Waals surface area contributed by atoms with Crippen molar-refractivity contribution in [1.29, 1.82) is 0 Å². The van der Waals surface area contributed by atoms with Gasteiger partial charge in [0.15, 0.2) is 5.78 Å². The number of nitrogens with zero attached hydrogens (tertiary/aromatic N) is 4. The molecule has 0 saturated carbocycles. The molecule has 4 rings (SSSR count). The van der Waals surface area contributed by atoms with Crippen LogP contribution in [-0.2, 0) is 4.79 Å². The summed E-state index contributed by atoms with van der Waals surface area (Å²) in [6.45, 7) is 1.82. The predicted octanol–water partition coefficient (Wildman–Crippen LogP) is 3.04. The molecule has 3 aromatic rings. The van der Waals surface area contributed by atoms with Crippen LogP contribution >= 0.6 is 15.9 Å². The first-order valence-electron chi connectivity index (χ1n) is 8.01. The summed E-state index contributed by atoms with van der Waals surface area (Å²) in [6.07, 6.45) is 3.28. The number of Topliss-reactive ketones (excluding diaryl/α,β-unsaturated/α-hetero) is 1. The average molecular weight is 412 g/mol. The van der Waals surface area contributed by atoms with Crippen molar-refractivity contribution in [2.75, 3.05) is 5.32 Å². The molecular weight excluding hydrogens is 398 g/mol. The van der Waals surface area contributed by atoms with Crippen molar-refractivity contribution < 1.29 is 9.59 Å². The second-order valence-electron chi connectivity index (χ2n) is 5.98. The number of anilines is 1. The molecule has 1 N–H and O–H groups in total. The van der Waals surface area contributed by atoms with E-state index >= 15 is 0 Å². The smallest absolute Gasteiger partial charge is 0.252 e. The van der Waals surface area contributed by atoms with Crippen LogP contribution in [0, 0.1) is 6.92 Å². The molecule has 0 aliphatic carbocycles. The van der Waals surface area contributed by atoms with Gasteiger partial charge >= 0.3 is 0 Å². The number of rotatable bonds is 3. The molecule has 0 saturated heterocycles. The van der Waals surface area contributed by atoms with Gasteiger partial charge in [-0.25, -0.2) is 9.97 Å². The van der Waals surface area contributed by atoms with Gasteiger partial charge in [0.1, 0.15) is 5.82 Å². The van der Waals surface area contributed by atoms with E-state index in [1.165, 1.54) is 4.68 Å². The number of carbonyl (C=O) groups is 2. The quantitative estimate of drug-likeness (QED) is 0.668. The normalized spacial score (nSPS) is 16.1. The number of amides is 1. The Morgan fingerprint density at radius 3 is 2.62 bits per heavy atom. The highest BCUT2D eigenvalue weighted by Crippen LogP contribution is 2.37. The number of carbonyl (C=O) groups excluding carboxylic acids is 2. The largest absolute Gasteiger partial charge is 0.310 e. The number of ketones is 1. The standard InChI is InChI=1S/C18H14BrN5O2/c1-10-15-13(16(26)11-3-5-12(19)6-4-11)9-14(25)22-17(15)24(23-10)18-20-7-2-8-21-18/h2-8,13H,9H2,1H3,(H,22,25). The third-order valence-corrected chi connectivity index (χ3v) is 4.82. The average Bonchev–Trinajstić information content (AvgIpc) is 2.98. The van der Waals surface area contributed by atoms with E-state index in [-0.39, 0.29) is 18.1 Å². The van der Waals surface area contributed by atoms with Gasteiger partial charge in [-0.1, -0.05) is 28.1 Å². The molecular formula is C18H14BrN5O2. The lowest BCUT2D eigenvalue weighted by molar-refractivity contribution is -0.116. The molecule has 26 heavy (non-hydrogen) atoms. The Morgan fingerprint density at radius 1 is 1.23 bits per heavy atom. The number of fused-ring (bicyclic) bond motifs is 1. The van der Waals surface area contributed by atoms with Crippen LogP contribution in [0.25, 0.3) is 5.95 Å². The van der Waals surface area contributed by atoms with Crippen LogP contribution in [0.15, 0.2) is 47.2 Å². The maximum absolute atomic E-state index is 13.1. The predicted molar refractivity (Wildman–Crippen MR) is 98.4 cm³/mol. The Labute approximate surface area is 157 Å². The van der Waals surface area contributed by atoms with Crippen LogP contribution in [0.2, 0.25) is 0 Å². The Morgan fingerprint density at radius 2 is 1.92 bits per heavy atom. The monoisotopic (exact) mass is 411 g/mol. The lowest BCUT2D eigenvalue weighted by Crippen LogP contribution is -2.28. The summed E-state index contributed by atoms with van der Waals surface area (Å²) in [6, 6.07) is 8.82. The summed E-state index contributed by atoms with van der Waals surface area (Å²) in [5.41, 5.74) is 1.94. The molecule has 1 aliphatic rings. The van der Waals surface area contributed by atoms with E-state index < -0.39 is 5.92 Å². The van der Waals surface area contributed by atoms with Gasteiger partial charge in [-0.2, -0.15) is 9.78 Å². The van der Waals surface area contributed by atoms with Crippen LogP contribution in [0.1, 0.15) is 34.0 Å². The van der Waals surface area contributed by atoms with Crippen LogP contribution in [-0.4, -0.2) is 31.4 Å². The second kappa shape index (κ2) is 6.45. The van der Waals surface area contributed by atoms with Gasteiger partial charge in [0.25, 0.3) is 5.95 Å². The number of hydrogen-bond acceptors (Lipinski definition) is 5. The van der Waals surface area contributed by atoms with E-state index in [0.29, 0.717) is 28.6 Å². The number of aryl methyl sites for hydroxylation is 1. The van der Waals surface area contributed by atoms with E-state index in [1.54, 1.807) is 30.6 Å². The van der Waals surface area contributed by atoms with Gasteiger partial charge in [-0.3, -0.25) is 9.59 Å². The fraction of sp³-hybridized carbons (Fsp3) is 0.167. The highest BCUT2D eigenvalue weighted by molar-refractivity contribution is 9.10. The van der Waals surface area contributed by atoms with Gasteiger partial charge in [0.2, 0.25) is 5.91 Å². The molecule has 0 fully saturated rings. The number of halogens is 1. The van der Waals surface area contributed by atoms with Crippen molar-refractivity contribution in [1.82, 2.24) is 19.7 Å². The summed E-state index contributed by atoms with van der Waals surface area (Å²) in [4.78, 5) is 33.7. The van der Waals surface area contributed by atoms with Crippen molar-refractivity contribution >= 4 is 33.4 Å². The zero-order valence-electron chi connectivity index (χ0n) is 13.8. The first-order chi connectivity index (χ1) is 12.5. The van der Waals surface area contributed by atoms with Crippen LogP contribution < -0.4 is 5.32 Å². The molecule has 3 heterocycles. The Bertz CT molecular complexity index is 998. The third kappa shape index (κ3) is 2.82. The zero-order valence-corrected chi connectivity index (χ0v) is 15.4. The summed E-state index contributed by atoms with van der Waals surface area (Å²) < 4.78 is 2.37. The maximum Gasteiger partial charge on any atom is 0.252 e. The number of benzene rings is 1. The van der Waals surface area contributed by atoms with Crippen molar-refractivity contribution in [3.63, 3.8) is 0 Å². The number of hydrogen-bond donors (Lipinski definition) is 1. The minimum Gasteiger partial charge on any atom is -0.310 e. The highest BCUT2D eigenvalue weighted by Gasteiger charge is 2.36. The molecule has 8 heteroatoms. The molecule has 1 aromatic carbocycles. The van der Waals surface area contributed by atoms with E-state index in [0.717, 1.165) is 4.47 Å². The summed E-state index contributed by atoms with van der Waals surface area (Å²) in [7, 11) is 0. The first kappa shape index (κ1) is 16.6. The lowest BCUT2D eigenvalue weighted by Gasteiger charge is -2.22. The van der Waals surface area contributed by atoms with E-state index in [9.17, 15) is 9.59 Å². The van der Waals surface area contributed by atoms with Gasteiger partial charge < -0.3 is 5.32 Å². The van der Waals surface area contributed by atoms with Gasteiger partial charge in [-0.05, 0) is 25.1 Å². The van der Waals surface area contributed by atoms with Crippen molar-refractivity contribution in [3.05, 3.63) is 64.0 Å². The van der Waals surface area contributed by atoms with Crippen LogP contribution in [0.5, 0.6) is 0 Å². The summed E-state index contributed by atoms with van der Waals surface area (Å²) >= 11 is 3.36. The lowest BCUT2D eigenvalue weighted by atomic mass is 9.85. The minimum absolute atomic E-state index is 0.0874. The summed E-state index contributed by atoms with van der Waals surface area (Å²) in [5, 5.41) is 7.27. The molecule has 1 amide bonds. The molecule has 1 unspecified atom stereocenters. The Balaban J connectivity index is 1.81. The molecule has 1 aliphatic heterocycles. The van der Waals surface area contributed by atoms with Gasteiger partial charge in [0, 0.05) is 34.4 Å². The second-order valence-corrected chi connectivity index (χ2v) is 6.90. The number of aromatic nitrogens is 4. The first-order valence-corrected chi connectivity index (χ1v) is 8.80. The van der Waals surface area contributed by atoms with Gasteiger partial charge in [-0.15, -0.1) is 0 Å². The minimum atomic E-state index is -0.586. The molecule has 130 valence electrons. The maximum atomic E-state index is 13.1. The molecule has 0 radical (unpaired) electrons. The molecule has 0 bridgehead atoms. The van der Waals surface area contributed by atoms with Crippen molar-refractivity contribution in [2.24, 2.45) is 0 Å². The Hall–Kier alpha value is -2.87. The molecule has 0 spiro atoms. The van der Waals surface area contributed by atoms with Gasteiger partial charge in [0.05, 0.1) is 11.6 Å². The van der Waals surface area contributed by atoms with Crippen LogP contribution in [0.4, 0.5) is 5.82 Å². The summed E-state index contributed by atoms with van der Waals surface area (Å²) in [5.74, 6) is -0.123. The van der Waals surface area contributed by atoms with E-state index in [2.05, 4.69) is 36.3 Å². The highest BCUT2D eigenvalue weighted by atomic mass is 79.9. The number of nitrogens with one attached hydrogen (secondary N) is 1. The topological polar surface area (TPSA) is 89.8 Å². The Kier molecular flexibility index (Phi) is 4.12. The van der Waals surface area contributed by atoms with Crippen molar-refractivity contribution in [2.45, 2.75) is 19.3 Å². The molecule has 2 aromatic heterocycles. The van der Waals surface area contributed by atoms with E-state index in [4.69, 9.17) is 0 Å². The third-order valence-electron chi connectivity index (χ3n) is 4.29. The van der Waals surface area contributed by atoms with E-state index in [1.807, 2.05) is 19.1 Å². The fourth-order valence-corrected chi connectivity index (χ4v) is 3.40. The van der Waals surface area contributed by atoms with Crippen molar-refractivity contribution in [3.8, 4) is 5.95 Å². The zero-order chi connectivity index (χ0) is 18.3.